The number of alkyl halides is 1. The number of esters is 1. The van der Waals surface area contributed by atoms with Crippen LogP contribution in [0, 0.1) is 0 Å². The van der Waals surface area contributed by atoms with Crippen LogP contribution in [0.3, 0.4) is 0 Å². The van der Waals surface area contributed by atoms with Gasteiger partial charge >= 0.3 is 5.97 Å². The molecule has 0 bridgehead atoms. The molecule has 0 aliphatic heterocycles. The van der Waals surface area contributed by atoms with E-state index in [4.69, 9.17) is 4.74 Å². The van der Waals surface area contributed by atoms with Crippen LogP contribution in [0.4, 0.5) is 0 Å². The Hall–Kier alpha value is 0.200. The Morgan fingerprint density at radius 1 is 1.31 bits per heavy atom. The van der Waals surface area contributed by atoms with Gasteiger partial charge < -0.3 is 4.74 Å². The summed E-state index contributed by atoms with van der Waals surface area (Å²) < 4.78 is 5.16. The lowest BCUT2D eigenvalue weighted by molar-refractivity contribution is -0.142. The summed E-state index contributed by atoms with van der Waals surface area (Å²) in [4.78, 5) is 11.3. The maximum atomic E-state index is 11.3. The Balaban J connectivity index is 3.38. The van der Waals surface area contributed by atoms with Crippen molar-refractivity contribution in [3.8, 4) is 0 Å². The van der Waals surface area contributed by atoms with Crippen molar-refractivity contribution < 1.29 is 9.53 Å². The van der Waals surface area contributed by atoms with Gasteiger partial charge in [0.05, 0.1) is 6.61 Å². The first-order chi connectivity index (χ1) is 6.22. The molecule has 0 amide bonds. The molecule has 2 nitrogen and oxygen atoms in total. The van der Waals surface area contributed by atoms with Gasteiger partial charge in [-0.3, -0.25) is 4.79 Å². The minimum Gasteiger partial charge on any atom is -0.465 e. The van der Waals surface area contributed by atoms with Crippen LogP contribution in [-0.4, -0.2) is 16.5 Å². The second-order valence-corrected chi connectivity index (χ2v) is 4.63. The Bertz CT molecular complexity index is 137. The molecule has 13 heavy (non-hydrogen) atoms. The minimum atomic E-state index is -0.0430. The number of hydrogen-bond acceptors (Lipinski definition) is 2. The summed E-state index contributed by atoms with van der Waals surface area (Å²) >= 11 is 2.15. The molecule has 0 aromatic heterocycles. The monoisotopic (exact) mass is 298 g/mol. The molecule has 0 saturated carbocycles. The SMILES string of the molecule is CCCCCOC(=O)C(I)CCC. The van der Waals surface area contributed by atoms with Gasteiger partial charge in [-0.1, -0.05) is 55.7 Å². The van der Waals surface area contributed by atoms with Crippen LogP contribution in [0.25, 0.3) is 0 Å². The molecule has 0 N–H and O–H groups in total. The smallest absolute Gasteiger partial charge is 0.318 e. The highest BCUT2D eigenvalue weighted by molar-refractivity contribution is 14.1. The predicted molar refractivity (Wildman–Crippen MR) is 63.2 cm³/mol. The molecule has 3 heteroatoms. The maximum absolute atomic E-state index is 11.3. The number of hydrogen-bond donors (Lipinski definition) is 0. The second kappa shape index (κ2) is 8.78. The zero-order chi connectivity index (χ0) is 10.1. The fraction of sp³-hybridized carbons (Fsp3) is 0.900. The first-order valence-electron chi connectivity index (χ1n) is 5.03. The Labute approximate surface area is 94.6 Å². The average molecular weight is 298 g/mol. The van der Waals surface area contributed by atoms with E-state index in [1.807, 2.05) is 0 Å². The maximum Gasteiger partial charge on any atom is 0.318 e. The molecule has 1 atom stereocenters. The van der Waals surface area contributed by atoms with Gasteiger partial charge in [0.2, 0.25) is 0 Å². The van der Waals surface area contributed by atoms with Gasteiger partial charge in [-0.05, 0) is 12.8 Å². The van der Waals surface area contributed by atoms with Crippen molar-refractivity contribution in [3.63, 3.8) is 0 Å². The lowest BCUT2D eigenvalue weighted by Crippen LogP contribution is -2.17. The molecule has 0 aliphatic rings. The third-order valence-corrected chi connectivity index (χ3v) is 2.92. The first kappa shape index (κ1) is 13.2. The highest BCUT2D eigenvalue weighted by atomic mass is 127. The van der Waals surface area contributed by atoms with E-state index < -0.39 is 0 Å². The summed E-state index contributed by atoms with van der Waals surface area (Å²) in [6.07, 6.45) is 5.27. The van der Waals surface area contributed by atoms with Crippen molar-refractivity contribution in [2.24, 2.45) is 0 Å². The first-order valence-corrected chi connectivity index (χ1v) is 6.27. The summed E-state index contributed by atoms with van der Waals surface area (Å²) in [6, 6.07) is 0. The Morgan fingerprint density at radius 2 is 2.00 bits per heavy atom. The normalized spacial score (nSPS) is 12.5. The number of halogens is 1. The summed E-state index contributed by atoms with van der Waals surface area (Å²) in [6.45, 7) is 4.81. The van der Waals surface area contributed by atoms with Gasteiger partial charge in [0.1, 0.15) is 3.92 Å². The summed E-state index contributed by atoms with van der Waals surface area (Å²) in [5.74, 6) is -0.0430. The molecule has 1 unspecified atom stereocenters. The van der Waals surface area contributed by atoms with Crippen LogP contribution in [0.1, 0.15) is 46.0 Å². The van der Waals surface area contributed by atoms with E-state index in [0.29, 0.717) is 6.61 Å². The highest BCUT2D eigenvalue weighted by Crippen LogP contribution is 2.10. The molecule has 0 rings (SSSR count). The lowest BCUT2D eigenvalue weighted by atomic mass is 10.2. The third-order valence-electron chi connectivity index (χ3n) is 1.79. The van der Waals surface area contributed by atoms with Gasteiger partial charge in [-0.2, -0.15) is 0 Å². The summed E-state index contributed by atoms with van der Waals surface area (Å²) in [7, 11) is 0. The van der Waals surface area contributed by atoms with E-state index in [2.05, 4.69) is 36.4 Å². The number of carbonyl (C=O) groups is 1. The number of rotatable bonds is 7. The molecule has 0 fully saturated rings. The second-order valence-electron chi connectivity index (χ2n) is 3.13. The van der Waals surface area contributed by atoms with Crippen LogP contribution < -0.4 is 0 Å². The number of unbranched alkanes of at least 4 members (excludes halogenated alkanes) is 2. The molecule has 0 aromatic rings. The van der Waals surface area contributed by atoms with E-state index in [1.54, 1.807) is 0 Å². The summed E-state index contributed by atoms with van der Waals surface area (Å²) in [5, 5.41) is 0. The molecule has 78 valence electrons. The van der Waals surface area contributed by atoms with Crippen LogP contribution in [0.15, 0.2) is 0 Å². The number of ether oxygens (including phenoxy) is 1. The Kier molecular flexibility index (Phi) is 8.92. The van der Waals surface area contributed by atoms with Crippen molar-refractivity contribution in [2.75, 3.05) is 6.61 Å². The van der Waals surface area contributed by atoms with Crippen molar-refractivity contribution in [2.45, 2.75) is 49.9 Å². The van der Waals surface area contributed by atoms with E-state index in [1.165, 1.54) is 6.42 Å². The lowest BCUT2D eigenvalue weighted by Gasteiger charge is -2.08. The highest BCUT2D eigenvalue weighted by Gasteiger charge is 2.14. The third kappa shape index (κ3) is 7.28. The van der Waals surface area contributed by atoms with Crippen LogP contribution in [-0.2, 0) is 9.53 Å². The van der Waals surface area contributed by atoms with Crippen LogP contribution in [0.2, 0.25) is 0 Å². The number of carbonyl (C=O) groups excluding carboxylic acids is 1. The molecule has 0 saturated heterocycles. The topological polar surface area (TPSA) is 26.3 Å². The fourth-order valence-corrected chi connectivity index (χ4v) is 1.79. The molecule has 0 aliphatic carbocycles. The molecular weight excluding hydrogens is 279 g/mol. The van der Waals surface area contributed by atoms with E-state index in [0.717, 1.165) is 25.7 Å². The standard InChI is InChI=1S/C10H19IO2/c1-3-5-6-8-13-10(12)9(11)7-4-2/h9H,3-8H2,1-2H3. The molecule has 0 aromatic carbocycles. The zero-order valence-corrected chi connectivity index (χ0v) is 10.7. The van der Waals surface area contributed by atoms with Crippen LogP contribution in [0.5, 0.6) is 0 Å². The Morgan fingerprint density at radius 3 is 2.54 bits per heavy atom. The molecule has 0 spiro atoms. The predicted octanol–water partition coefficient (Wildman–Crippen LogP) is 3.32. The fourth-order valence-electron chi connectivity index (χ4n) is 0.987. The average Bonchev–Trinajstić information content (AvgIpc) is 2.12. The summed E-state index contributed by atoms with van der Waals surface area (Å²) in [5.41, 5.74) is 0. The zero-order valence-electron chi connectivity index (χ0n) is 8.51. The largest absolute Gasteiger partial charge is 0.465 e. The van der Waals surface area contributed by atoms with E-state index >= 15 is 0 Å². The molecule has 0 heterocycles. The van der Waals surface area contributed by atoms with Gasteiger partial charge in [0, 0.05) is 0 Å². The van der Waals surface area contributed by atoms with Crippen molar-refractivity contribution in [1.82, 2.24) is 0 Å². The van der Waals surface area contributed by atoms with Gasteiger partial charge in [0.15, 0.2) is 0 Å². The minimum absolute atomic E-state index is 0.0430. The van der Waals surface area contributed by atoms with Crippen molar-refractivity contribution in [1.29, 1.82) is 0 Å². The van der Waals surface area contributed by atoms with Crippen molar-refractivity contribution in [3.05, 3.63) is 0 Å². The van der Waals surface area contributed by atoms with Crippen molar-refractivity contribution >= 4 is 28.6 Å². The quantitative estimate of drug-likeness (QED) is 0.312. The van der Waals surface area contributed by atoms with E-state index in [-0.39, 0.29) is 9.89 Å². The van der Waals surface area contributed by atoms with Gasteiger partial charge in [0.25, 0.3) is 0 Å². The van der Waals surface area contributed by atoms with Crippen LogP contribution >= 0.6 is 22.6 Å². The molecule has 0 radical (unpaired) electrons. The van der Waals surface area contributed by atoms with Gasteiger partial charge in [-0.25, -0.2) is 0 Å². The van der Waals surface area contributed by atoms with Gasteiger partial charge in [-0.15, -0.1) is 0 Å². The van der Waals surface area contributed by atoms with E-state index in [9.17, 15) is 4.79 Å². The molecular formula is C10H19IO2.